The minimum absolute atomic E-state index is 0.140. The van der Waals surface area contributed by atoms with Crippen LogP contribution in [0.3, 0.4) is 0 Å². The molecule has 0 saturated carbocycles. The van der Waals surface area contributed by atoms with Crippen LogP contribution in [0.4, 0.5) is 4.79 Å². The first-order valence-electron chi connectivity index (χ1n) is 4.89. The molecule has 0 bridgehead atoms. The fourth-order valence-corrected chi connectivity index (χ4v) is 1.14. The number of amides is 1. The molecule has 0 unspecified atom stereocenters. The number of ether oxygens (including phenoxy) is 1. The monoisotopic (exact) mass is 279 g/mol. The highest BCUT2D eigenvalue weighted by Gasteiger charge is 2.15. The summed E-state index contributed by atoms with van der Waals surface area (Å²) in [6, 6.07) is 0. The summed E-state index contributed by atoms with van der Waals surface area (Å²) in [6.45, 7) is 5.89. The second-order valence-electron chi connectivity index (χ2n) is 4.20. The molecule has 0 aliphatic rings. The predicted octanol–water partition coefficient (Wildman–Crippen LogP) is 2.26. The van der Waals surface area contributed by atoms with Crippen molar-refractivity contribution in [1.82, 2.24) is 5.32 Å². The van der Waals surface area contributed by atoms with Crippen LogP contribution in [0.1, 0.15) is 33.6 Å². The molecular formula is C10H18BrNO3. The number of nitrogens with one attached hydrogen (secondary N) is 1. The van der Waals surface area contributed by atoms with E-state index in [1.165, 1.54) is 0 Å². The summed E-state index contributed by atoms with van der Waals surface area (Å²) < 4.78 is 5.03. The zero-order valence-electron chi connectivity index (χ0n) is 9.43. The van der Waals surface area contributed by atoms with Gasteiger partial charge in [-0.1, -0.05) is 15.9 Å². The average molecular weight is 280 g/mol. The van der Waals surface area contributed by atoms with E-state index in [-0.39, 0.29) is 5.78 Å². The fourth-order valence-electron chi connectivity index (χ4n) is 0.857. The quantitative estimate of drug-likeness (QED) is 0.620. The lowest BCUT2D eigenvalue weighted by Gasteiger charge is -2.19. The first-order valence-corrected chi connectivity index (χ1v) is 6.02. The van der Waals surface area contributed by atoms with Crippen molar-refractivity contribution in [3.05, 3.63) is 0 Å². The number of carbonyl (C=O) groups is 2. The molecule has 0 heterocycles. The van der Waals surface area contributed by atoms with Gasteiger partial charge in [0.05, 0.1) is 5.33 Å². The summed E-state index contributed by atoms with van der Waals surface area (Å²) >= 11 is 3.07. The molecule has 5 heteroatoms. The van der Waals surface area contributed by atoms with Gasteiger partial charge in [-0.2, -0.15) is 0 Å². The molecule has 0 radical (unpaired) electrons. The van der Waals surface area contributed by atoms with Crippen molar-refractivity contribution in [1.29, 1.82) is 0 Å². The maximum atomic E-state index is 11.1. The number of alkyl carbamates (subject to hydrolysis) is 1. The Morgan fingerprint density at radius 1 is 1.33 bits per heavy atom. The SMILES string of the molecule is CC(C)(C)OC(=O)NCCCC(=O)CBr. The summed E-state index contributed by atoms with van der Waals surface area (Å²) in [5, 5.41) is 2.96. The molecule has 0 spiro atoms. The Labute approximate surface area is 98.9 Å². The van der Waals surface area contributed by atoms with Crippen LogP contribution in [0.2, 0.25) is 0 Å². The smallest absolute Gasteiger partial charge is 0.407 e. The molecule has 15 heavy (non-hydrogen) atoms. The lowest BCUT2D eigenvalue weighted by Crippen LogP contribution is -2.33. The van der Waals surface area contributed by atoms with E-state index in [4.69, 9.17) is 4.74 Å². The normalized spacial score (nSPS) is 10.9. The molecule has 0 aromatic carbocycles. The largest absolute Gasteiger partial charge is 0.444 e. The topological polar surface area (TPSA) is 55.4 Å². The van der Waals surface area contributed by atoms with Crippen molar-refractivity contribution in [3.8, 4) is 0 Å². The third kappa shape index (κ3) is 9.72. The minimum Gasteiger partial charge on any atom is -0.444 e. The van der Waals surface area contributed by atoms with Crippen molar-refractivity contribution in [2.24, 2.45) is 0 Å². The Hall–Kier alpha value is -0.580. The molecule has 88 valence electrons. The molecule has 0 fully saturated rings. The van der Waals surface area contributed by atoms with Gasteiger partial charge in [0.1, 0.15) is 11.4 Å². The molecule has 0 aliphatic carbocycles. The van der Waals surface area contributed by atoms with Crippen molar-refractivity contribution in [2.75, 3.05) is 11.9 Å². The summed E-state index contributed by atoms with van der Waals surface area (Å²) in [5.74, 6) is 0.140. The van der Waals surface area contributed by atoms with Crippen molar-refractivity contribution < 1.29 is 14.3 Å². The fraction of sp³-hybridized carbons (Fsp3) is 0.800. The van der Waals surface area contributed by atoms with Gasteiger partial charge >= 0.3 is 6.09 Å². The Kier molecular flexibility index (Phi) is 6.56. The van der Waals surface area contributed by atoms with E-state index in [1.807, 2.05) is 0 Å². The van der Waals surface area contributed by atoms with E-state index in [0.29, 0.717) is 24.7 Å². The van der Waals surface area contributed by atoms with Crippen LogP contribution < -0.4 is 5.32 Å². The van der Waals surface area contributed by atoms with Crippen molar-refractivity contribution in [2.45, 2.75) is 39.2 Å². The van der Waals surface area contributed by atoms with Crippen LogP contribution >= 0.6 is 15.9 Å². The van der Waals surface area contributed by atoms with E-state index in [1.54, 1.807) is 20.8 Å². The number of Topliss-reactive ketones (excluding diaryl/α,β-unsaturated/α-hetero) is 1. The highest BCUT2D eigenvalue weighted by atomic mass is 79.9. The molecule has 0 atom stereocenters. The van der Waals surface area contributed by atoms with Gasteiger partial charge in [0, 0.05) is 13.0 Å². The highest BCUT2D eigenvalue weighted by molar-refractivity contribution is 9.09. The van der Waals surface area contributed by atoms with Gasteiger partial charge in [0.2, 0.25) is 0 Å². The Morgan fingerprint density at radius 2 is 1.93 bits per heavy atom. The maximum Gasteiger partial charge on any atom is 0.407 e. The van der Waals surface area contributed by atoms with Gasteiger partial charge in [-0.25, -0.2) is 4.79 Å². The third-order valence-electron chi connectivity index (χ3n) is 1.45. The van der Waals surface area contributed by atoms with Gasteiger partial charge in [0.15, 0.2) is 0 Å². The summed E-state index contributed by atoms with van der Waals surface area (Å²) in [7, 11) is 0. The first kappa shape index (κ1) is 14.4. The van der Waals surface area contributed by atoms with E-state index in [9.17, 15) is 9.59 Å². The summed E-state index contributed by atoms with van der Waals surface area (Å²) in [6.07, 6.45) is 0.679. The average Bonchev–Trinajstić information content (AvgIpc) is 2.09. The number of hydrogen-bond acceptors (Lipinski definition) is 3. The number of alkyl halides is 1. The molecule has 0 rings (SSSR count). The molecular weight excluding hydrogens is 262 g/mol. The Bertz CT molecular complexity index is 223. The van der Waals surface area contributed by atoms with Crippen LogP contribution in [-0.2, 0) is 9.53 Å². The molecule has 0 aromatic heterocycles. The van der Waals surface area contributed by atoms with Gasteiger partial charge in [0.25, 0.3) is 0 Å². The molecule has 0 saturated heterocycles. The second-order valence-corrected chi connectivity index (χ2v) is 4.77. The Balaban J connectivity index is 3.52. The maximum absolute atomic E-state index is 11.1. The molecule has 1 amide bonds. The second kappa shape index (κ2) is 6.82. The van der Waals surface area contributed by atoms with Crippen molar-refractivity contribution in [3.63, 3.8) is 0 Å². The lowest BCUT2D eigenvalue weighted by atomic mass is 10.2. The third-order valence-corrected chi connectivity index (χ3v) is 2.08. The van der Waals surface area contributed by atoms with Crippen molar-refractivity contribution >= 4 is 27.8 Å². The Morgan fingerprint density at radius 3 is 2.40 bits per heavy atom. The number of ketones is 1. The standard InChI is InChI=1S/C10H18BrNO3/c1-10(2,3)15-9(14)12-6-4-5-8(13)7-11/h4-7H2,1-3H3,(H,12,14). The van der Waals surface area contributed by atoms with Crippen LogP contribution in [0.5, 0.6) is 0 Å². The zero-order chi connectivity index (χ0) is 11.9. The van der Waals surface area contributed by atoms with E-state index in [2.05, 4.69) is 21.2 Å². The van der Waals surface area contributed by atoms with E-state index in [0.717, 1.165) is 0 Å². The van der Waals surface area contributed by atoms with E-state index < -0.39 is 11.7 Å². The van der Waals surface area contributed by atoms with Gasteiger partial charge in [-0.05, 0) is 27.2 Å². The summed E-state index contributed by atoms with van der Waals surface area (Å²) in [4.78, 5) is 22.0. The number of rotatable bonds is 5. The molecule has 4 nitrogen and oxygen atoms in total. The summed E-state index contributed by atoms with van der Waals surface area (Å²) in [5.41, 5.74) is -0.476. The number of halogens is 1. The first-order chi connectivity index (χ1) is 6.85. The van der Waals surface area contributed by atoms with Crippen LogP contribution in [0.25, 0.3) is 0 Å². The molecule has 0 aromatic rings. The van der Waals surface area contributed by atoms with Crippen LogP contribution in [0.15, 0.2) is 0 Å². The van der Waals surface area contributed by atoms with Crippen LogP contribution in [-0.4, -0.2) is 29.4 Å². The van der Waals surface area contributed by atoms with Gasteiger partial charge < -0.3 is 10.1 Å². The lowest BCUT2D eigenvalue weighted by molar-refractivity contribution is -0.116. The van der Waals surface area contributed by atoms with Crippen LogP contribution in [0, 0.1) is 0 Å². The predicted molar refractivity (Wildman–Crippen MR) is 62.3 cm³/mol. The minimum atomic E-state index is -0.476. The molecule has 0 aliphatic heterocycles. The molecule has 1 N–H and O–H groups in total. The number of hydrogen-bond donors (Lipinski definition) is 1. The van der Waals surface area contributed by atoms with Gasteiger partial charge in [-0.3, -0.25) is 4.79 Å². The van der Waals surface area contributed by atoms with Gasteiger partial charge in [-0.15, -0.1) is 0 Å². The number of carbonyl (C=O) groups excluding carboxylic acids is 2. The zero-order valence-corrected chi connectivity index (χ0v) is 11.0. The van der Waals surface area contributed by atoms with E-state index >= 15 is 0 Å². The highest BCUT2D eigenvalue weighted by Crippen LogP contribution is 2.06.